The highest BCUT2D eigenvalue weighted by atomic mass is 35.5. The maximum absolute atomic E-state index is 12.8. The molecule has 6 heteroatoms. The number of aliphatic carboxylic acids is 1. The van der Waals surface area contributed by atoms with Crippen molar-refractivity contribution in [1.82, 2.24) is 0 Å². The molecule has 0 unspecified atom stereocenters. The Bertz CT molecular complexity index is 959. The molecule has 0 spiro atoms. The van der Waals surface area contributed by atoms with Crippen molar-refractivity contribution in [3.8, 4) is 11.5 Å². The third kappa shape index (κ3) is 3.98. The first-order valence-electron chi connectivity index (χ1n) is 8.46. The van der Waals surface area contributed by atoms with Gasteiger partial charge in [-0.25, -0.2) is 4.79 Å². The number of ether oxygens (including phenoxy) is 1. The number of ketones is 1. The molecule has 0 bridgehead atoms. The van der Waals surface area contributed by atoms with Crippen LogP contribution in [0.15, 0.2) is 42.0 Å². The Morgan fingerprint density at radius 1 is 1.19 bits per heavy atom. The number of halogens is 1. The highest BCUT2D eigenvalue weighted by molar-refractivity contribution is 6.32. The average Bonchev–Trinajstić information content (AvgIpc) is 2.60. The van der Waals surface area contributed by atoms with Gasteiger partial charge in [0, 0.05) is 11.1 Å². The minimum atomic E-state index is -1.35. The number of hydrogen-bond acceptors (Lipinski definition) is 4. The second kappa shape index (κ2) is 7.08. The van der Waals surface area contributed by atoms with Gasteiger partial charge >= 0.3 is 5.97 Å². The molecule has 5 nitrogen and oxygen atoms in total. The minimum absolute atomic E-state index is 0.00375. The number of rotatable bonds is 4. The molecule has 3 rings (SSSR count). The standard InChI is InChI=1S/C21H19ClO5/c1-21(2,20(25)26)27-15-6-7-16-13(11-15)4-5-14(19(16)24)9-12-3-8-18(23)17(22)10-12/h3,6-11,23H,4-5H2,1-2H3,(H,25,26)/b14-9+. The molecule has 0 saturated heterocycles. The van der Waals surface area contributed by atoms with Crippen molar-refractivity contribution in [2.45, 2.75) is 32.3 Å². The van der Waals surface area contributed by atoms with Gasteiger partial charge in [-0.05, 0) is 74.2 Å². The summed E-state index contributed by atoms with van der Waals surface area (Å²) in [7, 11) is 0. The molecule has 140 valence electrons. The van der Waals surface area contributed by atoms with E-state index >= 15 is 0 Å². The van der Waals surface area contributed by atoms with Gasteiger partial charge in [-0.15, -0.1) is 0 Å². The van der Waals surface area contributed by atoms with Crippen LogP contribution in [0, 0.1) is 0 Å². The van der Waals surface area contributed by atoms with Crippen molar-refractivity contribution in [2.75, 3.05) is 0 Å². The van der Waals surface area contributed by atoms with Crippen molar-refractivity contribution in [2.24, 2.45) is 0 Å². The third-order valence-electron chi connectivity index (χ3n) is 4.48. The lowest BCUT2D eigenvalue weighted by Crippen LogP contribution is -2.37. The van der Waals surface area contributed by atoms with Gasteiger partial charge in [0.05, 0.1) is 5.02 Å². The van der Waals surface area contributed by atoms with E-state index in [1.165, 1.54) is 19.9 Å². The molecular formula is C21H19ClO5. The molecule has 0 radical (unpaired) electrons. The van der Waals surface area contributed by atoms with Crippen LogP contribution in [-0.4, -0.2) is 27.6 Å². The zero-order chi connectivity index (χ0) is 19.8. The van der Waals surface area contributed by atoms with Crippen LogP contribution in [0.2, 0.25) is 5.02 Å². The monoisotopic (exact) mass is 386 g/mol. The van der Waals surface area contributed by atoms with Crippen LogP contribution in [0.4, 0.5) is 0 Å². The van der Waals surface area contributed by atoms with Gasteiger partial charge in [-0.2, -0.15) is 0 Å². The number of allylic oxidation sites excluding steroid dienone is 1. The first-order valence-corrected chi connectivity index (χ1v) is 8.84. The fraction of sp³-hybridized carbons (Fsp3) is 0.238. The number of aromatic hydroxyl groups is 1. The Morgan fingerprint density at radius 2 is 1.93 bits per heavy atom. The summed E-state index contributed by atoms with van der Waals surface area (Å²) in [6.45, 7) is 2.95. The Balaban J connectivity index is 1.86. The molecular weight excluding hydrogens is 368 g/mol. The molecule has 27 heavy (non-hydrogen) atoms. The number of benzene rings is 2. The van der Waals surface area contributed by atoms with Crippen LogP contribution in [0.1, 0.15) is 41.8 Å². The lowest BCUT2D eigenvalue weighted by molar-refractivity contribution is -0.152. The number of fused-ring (bicyclic) bond motifs is 1. The van der Waals surface area contributed by atoms with Gasteiger partial charge in [-0.3, -0.25) is 4.79 Å². The summed E-state index contributed by atoms with van der Waals surface area (Å²) in [5, 5.41) is 18.9. The third-order valence-corrected chi connectivity index (χ3v) is 4.78. The van der Waals surface area contributed by atoms with Crippen molar-refractivity contribution in [3.05, 3.63) is 63.7 Å². The summed E-state index contributed by atoms with van der Waals surface area (Å²) < 4.78 is 5.55. The highest BCUT2D eigenvalue weighted by Crippen LogP contribution is 2.32. The molecule has 0 amide bonds. The Labute approximate surface area is 161 Å². The molecule has 0 heterocycles. The largest absolute Gasteiger partial charge is 0.506 e. The van der Waals surface area contributed by atoms with E-state index in [9.17, 15) is 19.8 Å². The van der Waals surface area contributed by atoms with E-state index in [-0.39, 0.29) is 16.6 Å². The molecule has 0 fully saturated rings. The average molecular weight is 387 g/mol. The number of carboxylic acids is 1. The fourth-order valence-corrected chi connectivity index (χ4v) is 3.10. The summed E-state index contributed by atoms with van der Waals surface area (Å²) in [5.74, 6) is -0.721. The van der Waals surface area contributed by atoms with Gasteiger partial charge in [-0.1, -0.05) is 17.7 Å². The van der Waals surface area contributed by atoms with E-state index in [1.807, 2.05) is 0 Å². The number of carboxylic acid groups (broad SMARTS) is 1. The molecule has 1 aliphatic rings. The van der Waals surface area contributed by atoms with Crippen LogP contribution in [0.5, 0.6) is 11.5 Å². The molecule has 0 saturated carbocycles. The predicted octanol–water partition coefficient (Wildman–Crippen LogP) is 4.50. The molecule has 1 aliphatic carbocycles. The van der Waals surface area contributed by atoms with Crippen LogP contribution in [0.25, 0.3) is 6.08 Å². The molecule has 2 aromatic rings. The normalized spacial score (nSPS) is 15.5. The molecule has 0 aliphatic heterocycles. The van der Waals surface area contributed by atoms with Gasteiger partial charge in [0.2, 0.25) is 0 Å². The van der Waals surface area contributed by atoms with E-state index in [2.05, 4.69) is 0 Å². The summed E-state index contributed by atoms with van der Waals surface area (Å²) in [4.78, 5) is 24.0. The van der Waals surface area contributed by atoms with Crippen LogP contribution < -0.4 is 4.74 Å². The zero-order valence-corrected chi connectivity index (χ0v) is 15.7. The maximum Gasteiger partial charge on any atom is 0.347 e. The smallest absolute Gasteiger partial charge is 0.347 e. The van der Waals surface area contributed by atoms with Crippen LogP contribution in [0.3, 0.4) is 0 Å². The van der Waals surface area contributed by atoms with E-state index in [0.29, 0.717) is 29.7 Å². The summed E-state index contributed by atoms with van der Waals surface area (Å²) in [5.41, 5.74) is 1.46. The summed E-state index contributed by atoms with van der Waals surface area (Å²) in [6.07, 6.45) is 2.97. The fourth-order valence-electron chi connectivity index (χ4n) is 2.91. The Morgan fingerprint density at radius 3 is 2.59 bits per heavy atom. The highest BCUT2D eigenvalue weighted by Gasteiger charge is 2.30. The number of phenols is 1. The number of carbonyl (C=O) groups excluding carboxylic acids is 1. The number of aryl methyl sites for hydroxylation is 1. The van der Waals surface area contributed by atoms with Crippen LogP contribution in [-0.2, 0) is 11.2 Å². The zero-order valence-electron chi connectivity index (χ0n) is 15.0. The Kier molecular flexibility index (Phi) is 4.98. The lowest BCUT2D eigenvalue weighted by atomic mass is 9.86. The topological polar surface area (TPSA) is 83.8 Å². The second-order valence-corrected chi connectivity index (χ2v) is 7.35. The lowest BCUT2D eigenvalue weighted by Gasteiger charge is -2.23. The SMILES string of the molecule is CC(C)(Oc1ccc2c(c1)CC/C(=C\c1ccc(O)c(Cl)c1)C2=O)C(=O)O. The molecule has 0 atom stereocenters. The van der Waals surface area contributed by atoms with Crippen molar-refractivity contribution in [1.29, 1.82) is 0 Å². The quantitative estimate of drug-likeness (QED) is 0.756. The number of carbonyl (C=O) groups is 2. The maximum atomic E-state index is 12.8. The Hall–Kier alpha value is -2.79. The first kappa shape index (κ1) is 19.0. The first-order chi connectivity index (χ1) is 12.7. The van der Waals surface area contributed by atoms with E-state index in [0.717, 1.165) is 11.1 Å². The van der Waals surface area contributed by atoms with E-state index < -0.39 is 11.6 Å². The van der Waals surface area contributed by atoms with Crippen molar-refractivity contribution in [3.63, 3.8) is 0 Å². The number of phenolic OH excluding ortho intramolecular Hbond substituents is 1. The number of hydrogen-bond donors (Lipinski definition) is 2. The van der Waals surface area contributed by atoms with Crippen molar-refractivity contribution < 1.29 is 24.5 Å². The van der Waals surface area contributed by atoms with Crippen molar-refractivity contribution >= 4 is 29.4 Å². The summed E-state index contributed by atoms with van der Waals surface area (Å²) in [6, 6.07) is 9.80. The van der Waals surface area contributed by atoms with Gasteiger partial charge in [0.15, 0.2) is 11.4 Å². The molecule has 0 aromatic heterocycles. The van der Waals surface area contributed by atoms with Gasteiger partial charge in [0.1, 0.15) is 11.5 Å². The van der Waals surface area contributed by atoms with E-state index in [4.69, 9.17) is 16.3 Å². The summed E-state index contributed by atoms with van der Waals surface area (Å²) >= 11 is 5.92. The molecule has 2 N–H and O–H groups in total. The number of Topliss-reactive ketones (excluding diaryl/α,β-unsaturated/α-hetero) is 1. The van der Waals surface area contributed by atoms with Gasteiger partial charge < -0.3 is 14.9 Å². The van der Waals surface area contributed by atoms with Gasteiger partial charge in [0.25, 0.3) is 0 Å². The second-order valence-electron chi connectivity index (χ2n) is 6.95. The minimum Gasteiger partial charge on any atom is -0.506 e. The predicted molar refractivity (Wildman–Crippen MR) is 103 cm³/mol. The van der Waals surface area contributed by atoms with Crippen LogP contribution >= 0.6 is 11.6 Å². The van der Waals surface area contributed by atoms with E-state index in [1.54, 1.807) is 36.4 Å². The molecule has 2 aromatic carbocycles.